The molecule has 1 N–H and O–H groups in total. The van der Waals surface area contributed by atoms with E-state index in [9.17, 15) is 9.59 Å². The maximum Gasteiger partial charge on any atom is 0.257 e. The maximum atomic E-state index is 13.6. The zero-order valence-electron chi connectivity index (χ0n) is 19.9. The first-order valence-electron chi connectivity index (χ1n) is 11.3. The summed E-state index contributed by atoms with van der Waals surface area (Å²) in [6.45, 7) is 10.2. The molecule has 1 saturated carbocycles. The summed E-state index contributed by atoms with van der Waals surface area (Å²) in [6.07, 6.45) is 4.30. The van der Waals surface area contributed by atoms with Crippen LogP contribution in [0.3, 0.4) is 0 Å². The molecule has 2 atom stereocenters. The van der Waals surface area contributed by atoms with Gasteiger partial charge in [-0.15, -0.1) is 0 Å². The van der Waals surface area contributed by atoms with E-state index in [0.717, 1.165) is 17.5 Å². The van der Waals surface area contributed by atoms with Crippen LogP contribution in [0, 0.1) is 12.8 Å². The molecular formula is C26H27N5O2S. The van der Waals surface area contributed by atoms with E-state index in [2.05, 4.69) is 22.2 Å². The number of anilines is 1. The Morgan fingerprint density at radius 2 is 1.79 bits per heavy atom. The number of benzene rings is 1. The highest BCUT2D eigenvalue weighted by Gasteiger charge is 2.56. The van der Waals surface area contributed by atoms with Crippen LogP contribution in [-0.2, 0) is 11.0 Å². The van der Waals surface area contributed by atoms with Crippen LogP contribution in [0.5, 0.6) is 0 Å². The molecule has 2 unspecified atom stereocenters. The van der Waals surface area contributed by atoms with E-state index < -0.39 is 0 Å². The average Bonchev–Trinajstić information content (AvgIpc) is 3.14. The van der Waals surface area contributed by atoms with Crippen LogP contribution in [0.2, 0.25) is 0 Å². The lowest BCUT2D eigenvalue weighted by Gasteiger charge is -2.19. The minimum Gasteiger partial charge on any atom is -0.298 e. The minimum atomic E-state index is -0.374. The van der Waals surface area contributed by atoms with Crippen LogP contribution < -0.4 is 5.32 Å². The molecule has 0 radical (unpaired) electrons. The Balaban J connectivity index is 1.49. The number of fused-ring (bicyclic) bond motifs is 1. The van der Waals surface area contributed by atoms with E-state index in [1.165, 1.54) is 11.3 Å². The summed E-state index contributed by atoms with van der Waals surface area (Å²) in [4.78, 5) is 35.1. The number of nitrogens with zero attached hydrogens (tertiary/aromatic N) is 4. The zero-order valence-corrected chi connectivity index (χ0v) is 20.7. The van der Waals surface area contributed by atoms with Gasteiger partial charge in [0, 0.05) is 29.3 Å². The van der Waals surface area contributed by atoms with Crippen molar-refractivity contribution in [3.63, 3.8) is 0 Å². The van der Waals surface area contributed by atoms with Crippen molar-refractivity contribution < 1.29 is 9.59 Å². The lowest BCUT2D eigenvalue weighted by atomic mass is 9.94. The third kappa shape index (κ3) is 3.81. The molecule has 1 fully saturated rings. The minimum absolute atomic E-state index is 0.0207. The van der Waals surface area contributed by atoms with Crippen LogP contribution in [-0.4, -0.2) is 31.4 Å². The third-order valence-electron chi connectivity index (χ3n) is 6.52. The maximum absolute atomic E-state index is 13.6. The van der Waals surface area contributed by atoms with Crippen LogP contribution in [0.1, 0.15) is 66.1 Å². The molecule has 3 aromatic heterocycles. The number of carbonyl (C=O) groups is 2. The Kier molecular flexibility index (Phi) is 5.16. The van der Waals surface area contributed by atoms with Crippen molar-refractivity contribution in [1.82, 2.24) is 19.7 Å². The molecule has 174 valence electrons. The molecule has 5 rings (SSSR count). The molecule has 0 saturated heterocycles. The first kappa shape index (κ1) is 22.4. The van der Waals surface area contributed by atoms with Crippen molar-refractivity contribution in [3.8, 4) is 0 Å². The van der Waals surface area contributed by atoms with E-state index in [0.29, 0.717) is 26.7 Å². The lowest BCUT2D eigenvalue weighted by Crippen LogP contribution is -2.24. The molecule has 0 aliphatic heterocycles. The molecule has 34 heavy (non-hydrogen) atoms. The van der Waals surface area contributed by atoms with Gasteiger partial charge in [0.2, 0.25) is 0 Å². The van der Waals surface area contributed by atoms with Crippen molar-refractivity contribution in [3.05, 3.63) is 71.2 Å². The van der Waals surface area contributed by atoms with Crippen molar-refractivity contribution >= 4 is 38.5 Å². The number of aromatic nitrogens is 4. The van der Waals surface area contributed by atoms with E-state index in [1.54, 1.807) is 29.2 Å². The number of thiazole rings is 1. The third-order valence-corrected chi connectivity index (χ3v) is 7.49. The first-order chi connectivity index (χ1) is 16.1. The fourth-order valence-electron chi connectivity index (χ4n) is 4.32. The Bertz CT molecular complexity index is 1400. The van der Waals surface area contributed by atoms with Gasteiger partial charge in [-0.25, -0.2) is 4.68 Å². The lowest BCUT2D eigenvalue weighted by molar-refractivity contribution is 0.0953. The molecule has 3 heterocycles. The topological polar surface area (TPSA) is 89.8 Å². The Labute approximate surface area is 202 Å². The quantitative estimate of drug-likeness (QED) is 0.394. The van der Waals surface area contributed by atoms with Crippen molar-refractivity contribution in [2.24, 2.45) is 5.92 Å². The number of hydrogen-bond donors (Lipinski definition) is 1. The summed E-state index contributed by atoms with van der Waals surface area (Å²) >= 11 is 1.30. The molecule has 8 heteroatoms. The van der Waals surface area contributed by atoms with E-state index >= 15 is 0 Å². The molecule has 7 nitrogen and oxygen atoms in total. The van der Waals surface area contributed by atoms with Gasteiger partial charge in [0.15, 0.2) is 16.6 Å². The zero-order chi connectivity index (χ0) is 24.3. The van der Waals surface area contributed by atoms with Gasteiger partial charge in [-0.3, -0.25) is 19.9 Å². The van der Waals surface area contributed by atoms with Gasteiger partial charge in [-0.1, -0.05) is 36.0 Å². The van der Waals surface area contributed by atoms with Crippen LogP contribution in [0.4, 0.5) is 5.13 Å². The Morgan fingerprint density at radius 1 is 1.12 bits per heavy atom. The number of aryl methyl sites for hydroxylation is 1. The van der Waals surface area contributed by atoms with Crippen molar-refractivity contribution in [2.45, 2.75) is 52.0 Å². The fourth-order valence-corrected chi connectivity index (χ4v) is 5.25. The molecule has 0 bridgehead atoms. The van der Waals surface area contributed by atoms with E-state index in [4.69, 9.17) is 5.10 Å². The van der Waals surface area contributed by atoms with Gasteiger partial charge >= 0.3 is 0 Å². The second kappa shape index (κ2) is 7.84. The van der Waals surface area contributed by atoms with Crippen LogP contribution in [0.15, 0.2) is 48.8 Å². The highest BCUT2D eigenvalue weighted by Crippen LogP contribution is 2.55. The molecule has 4 aromatic rings. The van der Waals surface area contributed by atoms with E-state index in [-0.39, 0.29) is 28.6 Å². The predicted octanol–water partition coefficient (Wildman–Crippen LogP) is 5.36. The number of Topliss-reactive ketones (excluding diaryl/α,β-unsaturated/α-hetero) is 1. The molecule has 1 aromatic carbocycles. The SMILES string of the molecule is Cc1ccc(C(=O)Nc2nc3c(s2)c(C(=O)C2CC2(C)c2ccncc2)nn3C(C)(C)C)cc1. The summed E-state index contributed by atoms with van der Waals surface area (Å²) in [5.41, 5.74) is 3.22. The van der Waals surface area contributed by atoms with Gasteiger partial charge in [0.1, 0.15) is 10.4 Å². The van der Waals surface area contributed by atoms with Gasteiger partial charge in [-0.05, 0) is 63.9 Å². The van der Waals surface area contributed by atoms with Crippen LogP contribution >= 0.6 is 11.3 Å². The Hall–Kier alpha value is -3.39. The second-order valence-electron chi connectivity index (χ2n) is 10.2. The standard InChI is InChI=1S/C26H27N5O2S/c1-15-6-8-16(9-7-15)23(33)29-24-28-22-21(34-24)19(30-31(22)25(2,3)4)20(32)18-14-26(18,5)17-10-12-27-13-11-17/h6-13,18H,14H2,1-5H3,(H,28,29,33). The highest BCUT2D eigenvalue weighted by atomic mass is 32.1. The average molecular weight is 474 g/mol. The summed E-state index contributed by atoms with van der Waals surface area (Å²) in [5, 5.41) is 8.07. The number of nitrogens with one attached hydrogen (secondary N) is 1. The van der Waals surface area contributed by atoms with Gasteiger partial charge < -0.3 is 0 Å². The van der Waals surface area contributed by atoms with Crippen molar-refractivity contribution in [2.75, 3.05) is 5.32 Å². The number of pyridine rings is 1. The van der Waals surface area contributed by atoms with E-state index in [1.807, 2.05) is 52.0 Å². The second-order valence-corrected chi connectivity index (χ2v) is 11.2. The number of rotatable bonds is 5. The predicted molar refractivity (Wildman–Crippen MR) is 134 cm³/mol. The monoisotopic (exact) mass is 473 g/mol. The number of hydrogen-bond acceptors (Lipinski definition) is 6. The molecule has 0 spiro atoms. The van der Waals surface area contributed by atoms with Gasteiger partial charge in [0.25, 0.3) is 5.91 Å². The normalized spacial score (nSPS) is 19.9. The largest absolute Gasteiger partial charge is 0.298 e. The summed E-state index contributed by atoms with van der Waals surface area (Å²) in [7, 11) is 0. The molecule has 1 aliphatic rings. The van der Waals surface area contributed by atoms with Crippen LogP contribution in [0.25, 0.3) is 10.3 Å². The fraction of sp³-hybridized carbons (Fsp3) is 0.346. The summed E-state index contributed by atoms with van der Waals surface area (Å²) < 4.78 is 2.50. The molecule has 1 aliphatic carbocycles. The summed E-state index contributed by atoms with van der Waals surface area (Å²) in [5.74, 6) is -0.353. The Morgan fingerprint density at radius 3 is 2.44 bits per heavy atom. The highest BCUT2D eigenvalue weighted by molar-refractivity contribution is 7.22. The van der Waals surface area contributed by atoms with Gasteiger partial charge in [-0.2, -0.15) is 10.1 Å². The van der Waals surface area contributed by atoms with Crippen molar-refractivity contribution in [1.29, 1.82) is 0 Å². The summed E-state index contributed by atoms with van der Waals surface area (Å²) in [6, 6.07) is 11.3. The molecular weight excluding hydrogens is 446 g/mol. The molecule has 1 amide bonds. The number of ketones is 1. The van der Waals surface area contributed by atoms with Gasteiger partial charge in [0.05, 0.1) is 5.54 Å². The number of amides is 1. The smallest absolute Gasteiger partial charge is 0.257 e. The first-order valence-corrected chi connectivity index (χ1v) is 12.1. The number of carbonyl (C=O) groups excluding carboxylic acids is 2.